The highest BCUT2D eigenvalue weighted by Gasteiger charge is 2.22. The van der Waals surface area contributed by atoms with Gasteiger partial charge in [-0.25, -0.2) is 8.42 Å². The number of aromatic nitrogens is 1. The first kappa shape index (κ1) is 12.9. The van der Waals surface area contributed by atoms with Crippen LogP contribution in [0.5, 0.6) is 0 Å². The van der Waals surface area contributed by atoms with Crippen molar-refractivity contribution in [1.82, 2.24) is 9.29 Å². The normalized spacial score (nSPS) is 11.9. The van der Waals surface area contributed by atoms with Gasteiger partial charge in [-0.1, -0.05) is 6.92 Å². The Hall–Kier alpha value is -1.18. The Kier molecular flexibility index (Phi) is 4.22. The third-order valence-electron chi connectivity index (χ3n) is 2.07. The number of sulfonamides is 1. The van der Waals surface area contributed by atoms with Gasteiger partial charge in [0.15, 0.2) is 0 Å². The fourth-order valence-corrected chi connectivity index (χ4v) is 2.72. The molecule has 0 bridgehead atoms. The molecule has 1 rings (SSSR count). The summed E-state index contributed by atoms with van der Waals surface area (Å²) in [6.45, 7) is 1.83. The Morgan fingerprint density at radius 2 is 2.19 bits per heavy atom. The molecular weight excluding hydrogens is 230 g/mol. The predicted octanol–water partition coefficient (Wildman–Crippen LogP) is -0.333. The number of hydrogen-bond acceptors (Lipinski definition) is 5. The van der Waals surface area contributed by atoms with Crippen molar-refractivity contribution in [2.45, 2.75) is 11.8 Å². The van der Waals surface area contributed by atoms with Crippen LogP contribution in [0, 0.1) is 0 Å². The number of aliphatic hydroxyl groups excluding tert-OH is 1. The summed E-state index contributed by atoms with van der Waals surface area (Å²) in [6, 6.07) is 1.35. The number of aliphatic hydroxyl groups is 1. The maximum atomic E-state index is 12.0. The number of nitrogens with two attached hydrogens (primary N) is 1. The average molecular weight is 245 g/mol. The van der Waals surface area contributed by atoms with E-state index in [9.17, 15) is 8.42 Å². The van der Waals surface area contributed by atoms with Crippen LogP contribution in [0.2, 0.25) is 0 Å². The molecule has 0 radical (unpaired) electrons. The number of nitrogen functional groups attached to an aromatic ring is 1. The highest BCUT2D eigenvalue weighted by molar-refractivity contribution is 7.89. The molecule has 3 N–H and O–H groups in total. The molecule has 1 aromatic rings. The molecule has 1 aromatic heterocycles. The second-order valence-electron chi connectivity index (χ2n) is 3.17. The van der Waals surface area contributed by atoms with Crippen LogP contribution in [0.1, 0.15) is 6.92 Å². The minimum Gasteiger partial charge on any atom is -0.397 e. The zero-order valence-corrected chi connectivity index (χ0v) is 9.81. The van der Waals surface area contributed by atoms with Gasteiger partial charge in [-0.05, 0) is 6.07 Å². The average Bonchev–Trinajstić information content (AvgIpc) is 2.25. The standard InChI is InChI=1S/C9H15N3O3S/c1-2-12(3-4-13)16(14,15)9-5-8(10)6-11-7-9/h5-7,13H,2-4,10H2,1H3. The van der Waals surface area contributed by atoms with Crippen molar-refractivity contribution in [3.05, 3.63) is 18.5 Å². The van der Waals surface area contributed by atoms with Crippen molar-refractivity contribution < 1.29 is 13.5 Å². The second kappa shape index (κ2) is 5.24. The van der Waals surface area contributed by atoms with Gasteiger partial charge in [0.05, 0.1) is 12.3 Å². The van der Waals surface area contributed by atoms with Gasteiger partial charge in [0, 0.05) is 25.5 Å². The summed E-state index contributed by atoms with van der Waals surface area (Å²) in [4.78, 5) is 3.78. The summed E-state index contributed by atoms with van der Waals surface area (Å²) in [7, 11) is -3.60. The molecular formula is C9H15N3O3S. The quantitative estimate of drug-likeness (QED) is 0.740. The highest BCUT2D eigenvalue weighted by atomic mass is 32.2. The minimum atomic E-state index is -3.60. The Morgan fingerprint density at radius 3 is 2.69 bits per heavy atom. The first-order valence-electron chi connectivity index (χ1n) is 4.84. The molecule has 0 amide bonds. The molecule has 0 aliphatic heterocycles. The van der Waals surface area contributed by atoms with Crippen molar-refractivity contribution in [2.24, 2.45) is 0 Å². The topological polar surface area (TPSA) is 96.5 Å². The smallest absolute Gasteiger partial charge is 0.244 e. The lowest BCUT2D eigenvalue weighted by molar-refractivity contribution is 0.257. The molecule has 0 saturated heterocycles. The van der Waals surface area contributed by atoms with E-state index >= 15 is 0 Å². The highest BCUT2D eigenvalue weighted by Crippen LogP contribution is 2.16. The maximum absolute atomic E-state index is 12.0. The minimum absolute atomic E-state index is 0.0443. The van der Waals surface area contributed by atoms with E-state index in [0.717, 1.165) is 0 Å². The van der Waals surface area contributed by atoms with E-state index in [1.165, 1.54) is 22.8 Å². The molecule has 90 valence electrons. The summed E-state index contributed by atoms with van der Waals surface area (Å²) < 4.78 is 25.2. The molecule has 0 aromatic carbocycles. The van der Waals surface area contributed by atoms with Gasteiger partial charge >= 0.3 is 0 Å². The first-order chi connectivity index (χ1) is 7.52. The van der Waals surface area contributed by atoms with Crippen molar-refractivity contribution in [2.75, 3.05) is 25.4 Å². The first-order valence-corrected chi connectivity index (χ1v) is 6.28. The molecule has 16 heavy (non-hydrogen) atoms. The third kappa shape index (κ3) is 2.69. The van der Waals surface area contributed by atoms with E-state index in [-0.39, 0.29) is 24.6 Å². The molecule has 6 nitrogen and oxygen atoms in total. The lowest BCUT2D eigenvalue weighted by Crippen LogP contribution is -2.33. The Morgan fingerprint density at radius 1 is 1.50 bits per heavy atom. The van der Waals surface area contributed by atoms with E-state index in [4.69, 9.17) is 10.8 Å². The largest absolute Gasteiger partial charge is 0.397 e. The summed E-state index contributed by atoms with van der Waals surface area (Å²) in [5.74, 6) is 0. The molecule has 0 unspecified atom stereocenters. The molecule has 0 aliphatic carbocycles. The molecule has 0 aliphatic rings. The van der Waals surface area contributed by atoms with Crippen LogP contribution in [-0.4, -0.2) is 42.5 Å². The number of nitrogens with zero attached hydrogens (tertiary/aromatic N) is 2. The van der Waals surface area contributed by atoms with Crippen molar-refractivity contribution in [3.63, 3.8) is 0 Å². The zero-order chi connectivity index (χ0) is 12.2. The van der Waals surface area contributed by atoms with Crippen LogP contribution in [0.15, 0.2) is 23.4 Å². The van der Waals surface area contributed by atoms with Crippen LogP contribution in [0.25, 0.3) is 0 Å². The Labute approximate surface area is 94.8 Å². The van der Waals surface area contributed by atoms with Gasteiger partial charge in [0.25, 0.3) is 0 Å². The van der Waals surface area contributed by atoms with E-state index in [1.54, 1.807) is 6.92 Å². The molecule has 0 atom stereocenters. The molecule has 7 heteroatoms. The van der Waals surface area contributed by atoms with Gasteiger partial charge in [-0.15, -0.1) is 0 Å². The van der Waals surface area contributed by atoms with Gasteiger partial charge in [0.2, 0.25) is 10.0 Å². The van der Waals surface area contributed by atoms with E-state index < -0.39 is 10.0 Å². The van der Waals surface area contributed by atoms with Crippen molar-refractivity contribution >= 4 is 15.7 Å². The van der Waals surface area contributed by atoms with E-state index in [2.05, 4.69) is 4.98 Å². The summed E-state index contributed by atoms with van der Waals surface area (Å²) in [5.41, 5.74) is 5.77. The van der Waals surface area contributed by atoms with E-state index in [0.29, 0.717) is 5.69 Å². The number of anilines is 1. The summed E-state index contributed by atoms with van der Waals surface area (Å²) in [6.07, 6.45) is 2.62. The Bertz CT molecular complexity index is 447. The van der Waals surface area contributed by atoms with Gasteiger partial charge < -0.3 is 10.8 Å². The number of hydrogen-bond donors (Lipinski definition) is 2. The number of pyridine rings is 1. The van der Waals surface area contributed by atoms with Crippen molar-refractivity contribution in [3.8, 4) is 0 Å². The van der Waals surface area contributed by atoms with Gasteiger partial charge in [0.1, 0.15) is 4.90 Å². The predicted molar refractivity (Wildman–Crippen MR) is 60.2 cm³/mol. The van der Waals surface area contributed by atoms with Crippen LogP contribution in [0.3, 0.4) is 0 Å². The summed E-state index contributed by atoms with van der Waals surface area (Å²) >= 11 is 0. The van der Waals surface area contributed by atoms with Crippen LogP contribution in [-0.2, 0) is 10.0 Å². The fraction of sp³-hybridized carbons (Fsp3) is 0.444. The lowest BCUT2D eigenvalue weighted by atomic mass is 10.4. The van der Waals surface area contributed by atoms with Crippen LogP contribution >= 0.6 is 0 Å². The number of rotatable bonds is 5. The molecule has 0 saturated carbocycles. The monoisotopic (exact) mass is 245 g/mol. The van der Waals surface area contributed by atoms with Crippen molar-refractivity contribution in [1.29, 1.82) is 0 Å². The molecule has 0 fully saturated rings. The molecule has 1 heterocycles. The SMILES string of the molecule is CCN(CCO)S(=O)(=O)c1cncc(N)c1. The molecule has 0 spiro atoms. The number of likely N-dealkylation sites (N-methyl/N-ethyl adjacent to an activating group) is 1. The second-order valence-corrected chi connectivity index (χ2v) is 5.11. The fourth-order valence-electron chi connectivity index (χ4n) is 1.29. The van der Waals surface area contributed by atoms with Gasteiger partial charge in [-0.2, -0.15) is 4.31 Å². The Balaban J connectivity index is 3.09. The van der Waals surface area contributed by atoms with Crippen LogP contribution < -0.4 is 5.73 Å². The van der Waals surface area contributed by atoms with Gasteiger partial charge in [-0.3, -0.25) is 4.98 Å². The summed E-state index contributed by atoms with van der Waals surface area (Å²) in [5, 5.41) is 8.79. The van der Waals surface area contributed by atoms with E-state index in [1.807, 2.05) is 0 Å². The lowest BCUT2D eigenvalue weighted by Gasteiger charge is -2.19. The zero-order valence-electron chi connectivity index (χ0n) is 9.00. The third-order valence-corrected chi connectivity index (χ3v) is 4.01. The van der Waals surface area contributed by atoms with Crippen LogP contribution in [0.4, 0.5) is 5.69 Å². The maximum Gasteiger partial charge on any atom is 0.244 e.